The normalized spacial score (nSPS) is 20.4. The molecule has 4 N–H and O–H groups in total. The smallest absolute Gasteiger partial charge is 0.408 e. The highest BCUT2D eigenvalue weighted by atomic mass is 19.1. The third-order valence-electron chi connectivity index (χ3n) is 7.27. The number of amides is 4. The Balaban J connectivity index is 1.67. The molecular formula is C31H41FN4O6. The number of nitrogens with one attached hydrogen (secondary N) is 4. The Hall–Kier alpha value is -4.02. The third kappa shape index (κ3) is 10.8. The fourth-order valence-corrected chi connectivity index (χ4v) is 5.03. The van der Waals surface area contributed by atoms with Crippen LogP contribution in [0.2, 0.25) is 0 Å². The van der Waals surface area contributed by atoms with Gasteiger partial charge >= 0.3 is 6.09 Å². The summed E-state index contributed by atoms with van der Waals surface area (Å²) in [5, 5.41) is 10.8. The lowest BCUT2D eigenvalue weighted by Crippen LogP contribution is -2.56. The minimum atomic E-state index is -1.08. The van der Waals surface area contributed by atoms with Gasteiger partial charge in [0.25, 0.3) is 0 Å². The van der Waals surface area contributed by atoms with Crippen molar-refractivity contribution in [3.05, 3.63) is 60.0 Å². The molecule has 3 rings (SSSR count). The van der Waals surface area contributed by atoms with Gasteiger partial charge in [-0.15, -0.1) is 0 Å². The number of halogens is 1. The predicted molar refractivity (Wildman–Crippen MR) is 154 cm³/mol. The molecule has 1 fully saturated rings. The van der Waals surface area contributed by atoms with Gasteiger partial charge in [-0.3, -0.25) is 14.4 Å². The van der Waals surface area contributed by atoms with Gasteiger partial charge in [0.2, 0.25) is 17.7 Å². The zero-order chi connectivity index (χ0) is 30.5. The molecule has 228 valence electrons. The maximum atomic E-state index is 13.5. The van der Waals surface area contributed by atoms with E-state index in [-0.39, 0.29) is 55.4 Å². The fraction of sp³-hybridized carbons (Fsp3) is 0.516. The van der Waals surface area contributed by atoms with E-state index in [1.807, 2.05) is 32.0 Å². The van der Waals surface area contributed by atoms with E-state index >= 15 is 0 Å². The molecule has 0 aromatic heterocycles. The second-order valence-electron chi connectivity index (χ2n) is 11.2. The lowest BCUT2D eigenvalue weighted by molar-refractivity contribution is -0.132. The van der Waals surface area contributed by atoms with Crippen LogP contribution in [0.1, 0.15) is 57.9 Å². The molecule has 1 aromatic carbocycles. The molecule has 5 atom stereocenters. The maximum Gasteiger partial charge on any atom is 0.408 e. The van der Waals surface area contributed by atoms with Crippen LogP contribution < -0.4 is 21.3 Å². The number of carbonyl (C=O) groups excluding carboxylic acids is 5. The van der Waals surface area contributed by atoms with E-state index in [0.29, 0.717) is 25.7 Å². The fourth-order valence-electron chi connectivity index (χ4n) is 5.03. The molecule has 11 heteroatoms. The standard InChI is InChI=1S/C31H41FN4O6/c1-20(2)15-26(29(39)34-25(18-37)17-23-9-6-14-33-28(23)38)35-30(40)27(16-21-10-12-24(32)13-11-21)36-31(41)42-19-22-7-4-3-5-8-22/h3-5,7-8,10,12-13,18,20-21,23,25-27H,6,9,11,14-17,19H2,1-2H3,(H,33,38)(H,34,39)(H,35,40)(H,36,41)/t21?,23-,25-,26-,27-/m0/s1. The number of carbonyl (C=O) groups is 5. The van der Waals surface area contributed by atoms with Crippen LogP contribution in [0.15, 0.2) is 54.4 Å². The number of piperidine rings is 1. The van der Waals surface area contributed by atoms with Gasteiger partial charge in [0, 0.05) is 12.5 Å². The van der Waals surface area contributed by atoms with Crippen LogP contribution in [-0.2, 0) is 30.5 Å². The highest BCUT2D eigenvalue weighted by molar-refractivity contribution is 5.92. The molecular weight excluding hydrogens is 543 g/mol. The number of alkyl carbamates (subject to hydrolysis) is 1. The molecule has 1 heterocycles. The van der Waals surface area contributed by atoms with Crippen molar-refractivity contribution in [1.29, 1.82) is 0 Å². The summed E-state index contributed by atoms with van der Waals surface area (Å²) in [7, 11) is 0. The van der Waals surface area contributed by atoms with Gasteiger partial charge in [-0.25, -0.2) is 9.18 Å². The summed E-state index contributed by atoms with van der Waals surface area (Å²) in [5.74, 6) is -2.28. The first-order valence-corrected chi connectivity index (χ1v) is 14.5. The van der Waals surface area contributed by atoms with Crippen molar-refractivity contribution < 1.29 is 33.1 Å². The van der Waals surface area contributed by atoms with E-state index in [2.05, 4.69) is 21.3 Å². The highest BCUT2D eigenvalue weighted by Crippen LogP contribution is 2.22. The van der Waals surface area contributed by atoms with Crippen LogP contribution >= 0.6 is 0 Å². The molecule has 0 radical (unpaired) electrons. The van der Waals surface area contributed by atoms with Gasteiger partial charge < -0.3 is 30.8 Å². The molecule has 1 aromatic rings. The zero-order valence-electron chi connectivity index (χ0n) is 24.1. The SMILES string of the molecule is CC(C)C[C@H](NC(=O)[C@H](CC1C=CC(F)=CC1)NC(=O)OCc1ccccc1)C(=O)N[C@H](C=O)C[C@@H]1CCCNC1=O. The van der Waals surface area contributed by atoms with Crippen molar-refractivity contribution in [2.75, 3.05) is 6.54 Å². The average molecular weight is 585 g/mol. The quantitative estimate of drug-likeness (QED) is 0.247. The number of aldehydes is 1. The Labute approximate surface area is 245 Å². The molecule has 0 saturated carbocycles. The van der Waals surface area contributed by atoms with Crippen LogP contribution in [0, 0.1) is 17.8 Å². The van der Waals surface area contributed by atoms with Crippen LogP contribution in [0.3, 0.4) is 0 Å². The molecule has 10 nitrogen and oxygen atoms in total. The molecule has 0 bridgehead atoms. The Kier molecular flexibility index (Phi) is 12.7. The molecule has 1 aliphatic carbocycles. The molecule has 1 unspecified atom stereocenters. The first-order valence-electron chi connectivity index (χ1n) is 14.5. The van der Waals surface area contributed by atoms with Gasteiger partial charge in [-0.2, -0.15) is 0 Å². The first kappa shape index (κ1) is 32.5. The van der Waals surface area contributed by atoms with Gasteiger partial charge in [-0.1, -0.05) is 50.3 Å². The largest absolute Gasteiger partial charge is 0.445 e. The van der Waals surface area contributed by atoms with Gasteiger partial charge in [0.05, 0.1) is 6.04 Å². The van der Waals surface area contributed by atoms with Crippen LogP contribution in [0.25, 0.3) is 0 Å². The van der Waals surface area contributed by atoms with E-state index < -0.39 is 36.0 Å². The van der Waals surface area contributed by atoms with Crippen molar-refractivity contribution >= 4 is 30.1 Å². The third-order valence-corrected chi connectivity index (χ3v) is 7.27. The van der Waals surface area contributed by atoms with Crippen molar-refractivity contribution in [2.24, 2.45) is 17.8 Å². The van der Waals surface area contributed by atoms with Crippen molar-refractivity contribution in [2.45, 2.75) is 77.1 Å². The van der Waals surface area contributed by atoms with E-state index in [0.717, 1.165) is 12.0 Å². The lowest BCUT2D eigenvalue weighted by Gasteiger charge is -2.28. The number of hydrogen-bond acceptors (Lipinski definition) is 6. The van der Waals surface area contributed by atoms with E-state index in [9.17, 15) is 28.4 Å². The average Bonchev–Trinajstić information content (AvgIpc) is 2.97. The van der Waals surface area contributed by atoms with Crippen LogP contribution in [-0.4, -0.2) is 54.8 Å². The second-order valence-corrected chi connectivity index (χ2v) is 11.2. The molecule has 1 aliphatic heterocycles. The summed E-state index contributed by atoms with van der Waals surface area (Å²) < 4.78 is 18.8. The zero-order valence-corrected chi connectivity index (χ0v) is 24.1. The van der Waals surface area contributed by atoms with Gasteiger partial charge in [0.15, 0.2) is 0 Å². The molecule has 0 spiro atoms. The topological polar surface area (TPSA) is 143 Å². The van der Waals surface area contributed by atoms with E-state index in [4.69, 9.17) is 4.74 Å². The molecule has 2 aliphatic rings. The van der Waals surface area contributed by atoms with Crippen molar-refractivity contribution in [3.8, 4) is 0 Å². The second kappa shape index (κ2) is 16.4. The number of benzene rings is 1. The minimum absolute atomic E-state index is 0.00275. The predicted octanol–water partition coefficient (Wildman–Crippen LogP) is 3.23. The summed E-state index contributed by atoms with van der Waals surface area (Å²) in [4.78, 5) is 63.4. The summed E-state index contributed by atoms with van der Waals surface area (Å²) in [6, 6.07) is 6.10. The maximum absolute atomic E-state index is 13.5. The number of rotatable bonds is 14. The van der Waals surface area contributed by atoms with Crippen LogP contribution in [0.4, 0.5) is 9.18 Å². The minimum Gasteiger partial charge on any atom is -0.445 e. The van der Waals surface area contributed by atoms with Crippen molar-refractivity contribution in [3.63, 3.8) is 0 Å². The van der Waals surface area contributed by atoms with Crippen molar-refractivity contribution in [1.82, 2.24) is 21.3 Å². The number of allylic oxidation sites excluding steroid dienone is 4. The Morgan fingerprint density at radius 3 is 2.45 bits per heavy atom. The summed E-state index contributed by atoms with van der Waals surface area (Å²) in [6.45, 7) is 4.37. The Morgan fingerprint density at radius 2 is 1.81 bits per heavy atom. The summed E-state index contributed by atoms with van der Waals surface area (Å²) in [5.41, 5.74) is 0.772. The number of ether oxygens (including phenoxy) is 1. The lowest BCUT2D eigenvalue weighted by atomic mass is 9.91. The molecule has 42 heavy (non-hydrogen) atoms. The first-order chi connectivity index (χ1) is 20.1. The van der Waals surface area contributed by atoms with Gasteiger partial charge in [-0.05, 0) is 68.1 Å². The Bertz CT molecular complexity index is 1160. The highest BCUT2D eigenvalue weighted by Gasteiger charge is 2.32. The van der Waals surface area contributed by atoms with Crippen LogP contribution in [0.5, 0.6) is 0 Å². The monoisotopic (exact) mass is 584 g/mol. The molecule has 1 saturated heterocycles. The number of hydrogen-bond donors (Lipinski definition) is 4. The van der Waals surface area contributed by atoms with Gasteiger partial charge in [0.1, 0.15) is 30.8 Å². The molecule has 4 amide bonds. The van der Waals surface area contributed by atoms with E-state index in [1.54, 1.807) is 18.2 Å². The summed E-state index contributed by atoms with van der Waals surface area (Å²) in [6.07, 6.45) is 6.51. The summed E-state index contributed by atoms with van der Waals surface area (Å²) >= 11 is 0. The Morgan fingerprint density at radius 1 is 1.07 bits per heavy atom. The van der Waals surface area contributed by atoms with E-state index in [1.165, 1.54) is 12.2 Å².